The molecule has 2 unspecified atom stereocenters. The second-order valence-corrected chi connectivity index (χ2v) is 4.17. The zero-order valence-electron chi connectivity index (χ0n) is 6.41. The molecule has 0 radical (unpaired) electrons. The highest BCUT2D eigenvalue weighted by Crippen LogP contribution is 2.29. The van der Waals surface area contributed by atoms with E-state index in [0.29, 0.717) is 0 Å². The van der Waals surface area contributed by atoms with Crippen LogP contribution in [0.4, 0.5) is 0 Å². The molecule has 1 N–H and O–H groups in total. The van der Waals surface area contributed by atoms with E-state index in [2.05, 4.69) is 20.9 Å². The molecule has 0 aliphatic carbocycles. The number of halogens is 1. The predicted octanol–water partition coefficient (Wildman–Crippen LogP) is 2.39. The molecule has 11 heavy (non-hydrogen) atoms. The van der Waals surface area contributed by atoms with Gasteiger partial charge in [-0.1, -0.05) is 6.92 Å². The van der Waals surface area contributed by atoms with Crippen LogP contribution < -0.4 is 0 Å². The summed E-state index contributed by atoms with van der Waals surface area (Å²) in [6.07, 6.45) is -0.313. The number of rotatable bonds is 2. The third-order valence-corrected chi connectivity index (χ3v) is 3.61. The third-order valence-electron chi connectivity index (χ3n) is 1.69. The Hall–Kier alpha value is 0.0700. The standard InChI is InChI=1S/C7H10BrNOS/c1-4(5(2)10)6-7(8)9-3-11-6/h3-5,10H,1-2H3. The van der Waals surface area contributed by atoms with Gasteiger partial charge in [0, 0.05) is 10.8 Å². The van der Waals surface area contributed by atoms with Crippen molar-refractivity contribution in [2.75, 3.05) is 0 Å². The second-order valence-electron chi connectivity index (χ2n) is 2.54. The fourth-order valence-electron chi connectivity index (χ4n) is 0.756. The summed E-state index contributed by atoms with van der Waals surface area (Å²) < 4.78 is 0.857. The lowest BCUT2D eigenvalue weighted by atomic mass is 10.1. The van der Waals surface area contributed by atoms with E-state index >= 15 is 0 Å². The quantitative estimate of drug-likeness (QED) is 0.855. The average Bonchev–Trinajstić information content (AvgIpc) is 2.33. The van der Waals surface area contributed by atoms with Gasteiger partial charge in [0.1, 0.15) is 4.60 Å². The average molecular weight is 236 g/mol. The summed E-state index contributed by atoms with van der Waals surface area (Å²) in [5.74, 6) is 0.164. The van der Waals surface area contributed by atoms with Gasteiger partial charge in [0.15, 0.2) is 0 Å². The van der Waals surface area contributed by atoms with Crippen LogP contribution >= 0.6 is 27.3 Å². The van der Waals surface area contributed by atoms with E-state index < -0.39 is 0 Å². The van der Waals surface area contributed by atoms with Crippen LogP contribution in [0.2, 0.25) is 0 Å². The lowest BCUT2D eigenvalue weighted by Crippen LogP contribution is -2.09. The molecule has 1 heterocycles. The number of nitrogens with zero attached hydrogens (tertiary/aromatic N) is 1. The topological polar surface area (TPSA) is 33.1 Å². The maximum absolute atomic E-state index is 9.28. The zero-order valence-corrected chi connectivity index (χ0v) is 8.82. The van der Waals surface area contributed by atoms with E-state index in [9.17, 15) is 5.11 Å². The molecule has 1 aromatic heterocycles. The van der Waals surface area contributed by atoms with Gasteiger partial charge in [0.05, 0.1) is 11.6 Å². The summed E-state index contributed by atoms with van der Waals surface area (Å²) in [5, 5.41) is 9.28. The van der Waals surface area contributed by atoms with E-state index in [1.807, 2.05) is 6.92 Å². The molecule has 4 heteroatoms. The number of aliphatic hydroxyl groups excluding tert-OH is 1. The molecule has 0 aromatic carbocycles. The van der Waals surface area contributed by atoms with Crippen molar-refractivity contribution in [2.24, 2.45) is 0 Å². The van der Waals surface area contributed by atoms with Crippen molar-refractivity contribution >= 4 is 27.3 Å². The van der Waals surface area contributed by atoms with Crippen molar-refractivity contribution in [1.82, 2.24) is 4.98 Å². The molecular formula is C7H10BrNOS. The first-order valence-corrected chi connectivity index (χ1v) is 5.07. The Morgan fingerprint density at radius 3 is 2.64 bits per heavy atom. The van der Waals surface area contributed by atoms with Gasteiger partial charge in [0.2, 0.25) is 0 Å². The normalized spacial score (nSPS) is 16.4. The van der Waals surface area contributed by atoms with Crippen LogP contribution in [0.25, 0.3) is 0 Å². The monoisotopic (exact) mass is 235 g/mol. The molecule has 0 aliphatic heterocycles. The number of aromatic nitrogens is 1. The van der Waals surface area contributed by atoms with Crippen molar-refractivity contribution < 1.29 is 5.11 Å². The summed E-state index contributed by atoms with van der Waals surface area (Å²) in [5.41, 5.74) is 1.78. The summed E-state index contributed by atoms with van der Waals surface area (Å²) in [7, 11) is 0. The molecule has 0 saturated heterocycles. The maximum Gasteiger partial charge on any atom is 0.120 e. The Kier molecular flexibility index (Phi) is 3.04. The second kappa shape index (κ2) is 3.65. The molecule has 0 bridgehead atoms. The van der Waals surface area contributed by atoms with Gasteiger partial charge in [-0.25, -0.2) is 4.98 Å². The highest BCUT2D eigenvalue weighted by Gasteiger charge is 2.16. The van der Waals surface area contributed by atoms with E-state index in [0.717, 1.165) is 9.48 Å². The van der Waals surface area contributed by atoms with E-state index in [4.69, 9.17) is 0 Å². The summed E-state index contributed by atoms with van der Waals surface area (Å²) in [6, 6.07) is 0. The van der Waals surface area contributed by atoms with Gasteiger partial charge < -0.3 is 5.11 Å². The van der Waals surface area contributed by atoms with Crippen molar-refractivity contribution in [3.05, 3.63) is 15.0 Å². The number of thiazole rings is 1. The molecule has 2 atom stereocenters. The van der Waals surface area contributed by atoms with Gasteiger partial charge in [-0.2, -0.15) is 0 Å². The van der Waals surface area contributed by atoms with Gasteiger partial charge in [-0.3, -0.25) is 0 Å². The molecule has 1 aromatic rings. The lowest BCUT2D eigenvalue weighted by molar-refractivity contribution is 0.170. The lowest BCUT2D eigenvalue weighted by Gasteiger charge is -2.11. The van der Waals surface area contributed by atoms with E-state index in [1.54, 1.807) is 23.8 Å². The molecular weight excluding hydrogens is 226 g/mol. The Morgan fingerprint density at radius 1 is 1.64 bits per heavy atom. The Morgan fingerprint density at radius 2 is 2.27 bits per heavy atom. The van der Waals surface area contributed by atoms with Crippen LogP contribution in [0.5, 0.6) is 0 Å². The van der Waals surface area contributed by atoms with Gasteiger partial charge in [-0.05, 0) is 22.9 Å². The van der Waals surface area contributed by atoms with Crippen molar-refractivity contribution in [3.8, 4) is 0 Å². The molecule has 0 fully saturated rings. The minimum atomic E-state index is -0.313. The van der Waals surface area contributed by atoms with Gasteiger partial charge >= 0.3 is 0 Å². The number of hydrogen-bond acceptors (Lipinski definition) is 3. The first-order chi connectivity index (χ1) is 5.13. The smallest absolute Gasteiger partial charge is 0.120 e. The Labute approximate surface area is 78.4 Å². The molecule has 0 aliphatic rings. The Bertz CT molecular complexity index is 236. The Balaban J connectivity index is 2.84. The number of hydrogen-bond donors (Lipinski definition) is 1. The van der Waals surface area contributed by atoms with Crippen molar-refractivity contribution in [2.45, 2.75) is 25.9 Å². The van der Waals surface area contributed by atoms with Crippen molar-refractivity contribution in [1.29, 1.82) is 0 Å². The minimum absolute atomic E-state index is 0.164. The molecule has 0 spiro atoms. The van der Waals surface area contributed by atoms with Crippen LogP contribution in [0.1, 0.15) is 24.6 Å². The molecule has 0 amide bonds. The zero-order chi connectivity index (χ0) is 8.43. The molecule has 1 rings (SSSR count). The molecule has 0 saturated carbocycles. The van der Waals surface area contributed by atoms with Crippen LogP contribution in [0.3, 0.4) is 0 Å². The first kappa shape index (κ1) is 9.16. The first-order valence-electron chi connectivity index (χ1n) is 3.40. The van der Waals surface area contributed by atoms with E-state index in [-0.39, 0.29) is 12.0 Å². The van der Waals surface area contributed by atoms with Crippen LogP contribution in [-0.4, -0.2) is 16.2 Å². The predicted molar refractivity (Wildman–Crippen MR) is 49.9 cm³/mol. The summed E-state index contributed by atoms with van der Waals surface area (Å²) in [6.45, 7) is 3.78. The van der Waals surface area contributed by atoms with Crippen LogP contribution in [0, 0.1) is 0 Å². The van der Waals surface area contributed by atoms with Gasteiger partial charge in [0.25, 0.3) is 0 Å². The van der Waals surface area contributed by atoms with E-state index in [1.165, 1.54) is 0 Å². The minimum Gasteiger partial charge on any atom is -0.393 e. The third kappa shape index (κ3) is 2.01. The highest BCUT2D eigenvalue weighted by atomic mass is 79.9. The SMILES string of the molecule is CC(O)C(C)c1scnc1Br. The van der Waals surface area contributed by atoms with Crippen LogP contribution in [-0.2, 0) is 0 Å². The van der Waals surface area contributed by atoms with Gasteiger partial charge in [-0.15, -0.1) is 11.3 Å². The van der Waals surface area contributed by atoms with Crippen LogP contribution in [0.15, 0.2) is 10.1 Å². The largest absolute Gasteiger partial charge is 0.393 e. The molecule has 62 valence electrons. The highest BCUT2D eigenvalue weighted by molar-refractivity contribution is 9.10. The fourth-order valence-corrected chi connectivity index (χ4v) is 2.47. The fraction of sp³-hybridized carbons (Fsp3) is 0.571. The number of aliphatic hydroxyl groups is 1. The summed E-state index contributed by atoms with van der Waals surface area (Å²) >= 11 is 4.89. The van der Waals surface area contributed by atoms with Crippen molar-refractivity contribution in [3.63, 3.8) is 0 Å². The molecule has 2 nitrogen and oxygen atoms in total. The maximum atomic E-state index is 9.28. The summed E-state index contributed by atoms with van der Waals surface area (Å²) in [4.78, 5) is 5.16.